The van der Waals surface area contributed by atoms with E-state index in [1.165, 1.54) is 6.92 Å². The number of ketones is 1. The van der Waals surface area contributed by atoms with Crippen molar-refractivity contribution in [2.24, 2.45) is 0 Å². The number of amides is 1. The average molecular weight is 219 g/mol. The summed E-state index contributed by atoms with van der Waals surface area (Å²) in [6.07, 6.45) is -0.591. The van der Waals surface area contributed by atoms with Gasteiger partial charge in [0, 0.05) is 5.75 Å². The SMILES string of the molecule is CC(=O)C(CS)NC(=O)OC(C)(C)C. The monoisotopic (exact) mass is 219 g/mol. The molecule has 0 aliphatic carbocycles. The zero-order valence-electron chi connectivity index (χ0n) is 8.96. The molecule has 0 bridgehead atoms. The highest BCUT2D eigenvalue weighted by molar-refractivity contribution is 7.80. The molecule has 0 aromatic carbocycles. The Hall–Kier alpha value is -0.710. The minimum Gasteiger partial charge on any atom is -0.444 e. The van der Waals surface area contributed by atoms with Crippen molar-refractivity contribution in [1.82, 2.24) is 5.32 Å². The van der Waals surface area contributed by atoms with Crippen molar-refractivity contribution < 1.29 is 14.3 Å². The second-order valence-corrected chi connectivity index (χ2v) is 4.36. The number of carbonyl (C=O) groups is 2. The lowest BCUT2D eigenvalue weighted by atomic mass is 10.2. The molecule has 0 fully saturated rings. The van der Waals surface area contributed by atoms with Gasteiger partial charge in [0.2, 0.25) is 0 Å². The summed E-state index contributed by atoms with van der Waals surface area (Å²) in [6, 6.07) is -0.576. The highest BCUT2D eigenvalue weighted by Crippen LogP contribution is 2.06. The summed E-state index contributed by atoms with van der Waals surface area (Å²) >= 11 is 3.95. The van der Waals surface area contributed by atoms with Crippen LogP contribution in [0.1, 0.15) is 27.7 Å². The Morgan fingerprint density at radius 2 is 1.93 bits per heavy atom. The lowest BCUT2D eigenvalue weighted by molar-refractivity contribution is -0.118. The van der Waals surface area contributed by atoms with Gasteiger partial charge in [0.25, 0.3) is 0 Å². The molecular formula is C9H17NO3S. The summed E-state index contributed by atoms with van der Waals surface area (Å²) in [6.45, 7) is 6.68. The minimum atomic E-state index is -0.591. The normalized spacial score (nSPS) is 13.2. The van der Waals surface area contributed by atoms with Crippen LogP contribution in [0.2, 0.25) is 0 Å². The van der Waals surface area contributed by atoms with Crippen LogP contribution in [0.15, 0.2) is 0 Å². The van der Waals surface area contributed by atoms with Crippen LogP contribution >= 0.6 is 12.6 Å². The molecule has 0 spiro atoms. The molecule has 0 saturated carbocycles. The van der Waals surface area contributed by atoms with E-state index in [2.05, 4.69) is 17.9 Å². The van der Waals surface area contributed by atoms with E-state index in [0.29, 0.717) is 0 Å². The maximum absolute atomic E-state index is 11.2. The first-order valence-electron chi connectivity index (χ1n) is 4.37. The molecule has 0 saturated heterocycles. The Bertz CT molecular complexity index is 223. The van der Waals surface area contributed by atoms with Gasteiger partial charge < -0.3 is 10.1 Å². The van der Waals surface area contributed by atoms with Gasteiger partial charge in [0.15, 0.2) is 5.78 Å². The molecule has 0 aromatic rings. The quantitative estimate of drug-likeness (QED) is 0.705. The molecule has 14 heavy (non-hydrogen) atoms. The Kier molecular flexibility index (Phi) is 4.97. The van der Waals surface area contributed by atoms with E-state index in [0.717, 1.165) is 0 Å². The van der Waals surface area contributed by atoms with Crippen LogP contribution in [0, 0.1) is 0 Å². The minimum absolute atomic E-state index is 0.133. The third-order valence-electron chi connectivity index (χ3n) is 1.36. The molecule has 0 aliphatic rings. The van der Waals surface area contributed by atoms with Gasteiger partial charge in [-0.25, -0.2) is 4.79 Å². The molecule has 0 aromatic heterocycles. The first-order chi connectivity index (χ1) is 6.26. The van der Waals surface area contributed by atoms with E-state index < -0.39 is 17.7 Å². The van der Waals surface area contributed by atoms with Gasteiger partial charge in [-0.05, 0) is 27.7 Å². The van der Waals surface area contributed by atoms with Gasteiger partial charge in [0.05, 0.1) is 6.04 Å². The van der Waals surface area contributed by atoms with E-state index in [1.807, 2.05) is 0 Å². The predicted molar refractivity (Wildman–Crippen MR) is 57.7 cm³/mol. The van der Waals surface area contributed by atoms with Crippen LogP contribution in [0.25, 0.3) is 0 Å². The van der Waals surface area contributed by atoms with Crippen LogP contribution in [0.3, 0.4) is 0 Å². The van der Waals surface area contributed by atoms with Crippen molar-refractivity contribution in [1.29, 1.82) is 0 Å². The van der Waals surface area contributed by atoms with Crippen LogP contribution in [0.5, 0.6) is 0 Å². The molecule has 1 N–H and O–H groups in total. The molecule has 5 heteroatoms. The van der Waals surface area contributed by atoms with E-state index in [1.54, 1.807) is 20.8 Å². The van der Waals surface area contributed by atoms with Crippen LogP contribution in [-0.4, -0.2) is 29.3 Å². The third kappa shape index (κ3) is 5.85. The number of Topliss-reactive ketones (excluding diaryl/α,β-unsaturated/α-hetero) is 1. The predicted octanol–water partition coefficient (Wildman–Crippen LogP) is 1.40. The number of alkyl carbamates (subject to hydrolysis) is 1. The van der Waals surface area contributed by atoms with E-state index >= 15 is 0 Å². The molecule has 0 rings (SSSR count). The summed E-state index contributed by atoms with van der Waals surface area (Å²) in [5.74, 6) is 0.139. The Balaban J connectivity index is 4.11. The summed E-state index contributed by atoms with van der Waals surface area (Å²) in [7, 11) is 0. The maximum Gasteiger partial charge on any atom is 0.408 e. The van der Waals surface area contributed by atoms with Gasteiger partial charge in [-0.2, -0.15) is 12.6 Å². The Labute approximate surface area is 89.8 Å². The van der Waals surface area contributed by atoms with Gasteiger partial charge in [0.1, 0.15) is 5.60 Å². The fraction of sp³-hybridized carbons (Fsp3) is 0.778. The van der Waals surface area contributed by atoms with E-state index in [-0.39, 0.29) is 11.5 Å². The Morgan fingerprint density at radius 1 is 1.43 bits per heavy atom. The van der Waals surface area contributed by atoms with E-state index in [4.69, 9.17) is 4.74 Å². The highest BCUT2D eigenvalue weighted by Gasteiger charge is 2.20. The van der Waals surface area contributed by atoms with E-state index in [9.17, 15) is 9.59 Å². The standard InChI is InChI=1S/C9H17NO3S/c1-6(11)7(5-14)10-8(12)13-9(2,3)4/h7,14H,5H2,1-4H3,(H,10,12). The Morgan fingerprint density at radius 3 is 2.21 bits per heavy atom. The lowest BCUT2D eigenvalue weighted by Gasteiger charge is -2.21. The molecule has 0 heterocycles. The summed E-state index contributed by atoms with van der Waals surface area (Å²) in [4.78, 5) is 22.2. The number of rotatable bonds is 3. The highest BCUT2D eigenvalue weighted by atomic mass is 32.1. The summed E-state index contributed by atoms with van der Waals surface area (Å²) < 4.78 is 4.98. The van der Waals surface area contributed by atoms with Crippen molar-refractivity contribution in [3.8, 4) is 0 Å². The first-order valence-corrected chi connectivity index (χ1v) is 5.00. The van der Waals surface area contributed by atoms with Gasteiger partial charge in [-0.1, -0.05) is 0 Å². The van der Waals surface area contributed by atoms with Gasteiger partial charge in [-0.15, -0.1) is 0 Å². The second kappa shape index (κ2) is 5.24. The molecule has 1 unspecified atom stereocenters. The smallest absolute Gasteiger partial charge is 0.408 e. The maximum atomic E-state index is 11.2. The van der Waals surface area contributed by atoms with Crippen molar-refractivity contribution >= 4 is 24.5 Å². The number of hydrogen-bond donors (Lipinski definition) is 2. The van der Waals surface area contributed by atoms with Crippen LogP contribution < -0.4 is 5.32 Å². The number of nitrogens with one attached hydrogen (secondary N) is 1. The summed E-state index contributed by atoms with van der Waals surface area (Å²) in [5.41, 5.74) is -0.554. The molecule has 0 radical (unpaired) electrons. The summed E-state index contributed by atoms with van der Waals surface area (Å²) in [5, 5.41) is 2.44. The fourth-order valence-corrected chi connectivity index (χ4v) is 1.07. The largest absolute Gasteiger partial charge is 0.444 e. The van der Waals surface area contributed by atoms with Crippen molar-refractivity contribution in [3.05, 3.63) is 0 Å². The van der Waals surface area contributed by atoms with Crippen LogP contribution in [-0.2, 0) is 9.53 Å². The number of hydrogen-bond acceptors (Lipinski definition) is 4. The number of carbonyl (C=O) groups excluding carboxylic acids is 2. The first kappa shape index (κ1) is 13.3. The third-order valence-corrected chi connectivity index (χ3v) is 1.73. The fourth-order valence-electron chi connectivity index (χ4n) is 0.726. The number of ether oxygens (including phenoxy) is 1. The van der Waals surface area contributed by atoms with Crippen LogP contribution in [0.4, 0.5) is 4.79 Å². The zero-order valence-corrected chi connectivity index (χ0v) is 9.85. The molecule has 1 amide bonds. The van der Waals surface area contributed by atoms with Crippen molar-refractivity contribution in [2.75, 3.05) is 5.75 Å². The molecule has 82 valence electrons. The van der Waals surface area contributed by atoms with Gasteiger partial charge >= 0.3 is 6.09 Å². The molecule has 0 aliphatic heterocycles. The molecule has 4 nitrogen and oxygen atoms in total. The van der Waals surface area contributed by atoms with Gasteiger partial charge in [-0.3, -0.25) is 4.79 Å². The number of thiol groups is 1. The topological polar surface area (TPSA) is 55.4 Å². The lowest BCUT2D eigenvalue weighted by Crippen LogP contribution is -2.43. The zero-order chi connectivity index (χ0) is 11.4. The second-order valence-electron chi connectivity index (χ2n) is 3.99. The average Bonchev–Trinajstić information content (AvgIpc) is 1.96. The van der Waals surface area contributed by atoms with Crippen molar-refractivity contribution in [3.63, 3.8) is 0 Å². The van der Waals surface area contributed by atoms with Crippen molar-refractivity contribution in [2.45, 2.75) is 39.3 Å². The molecular weight excluding hydrogens is 202 g/mol. The molecule has 1 atom stereocenters.